The van der Waals surface area contributed by atoms with Crippen LogP contribution in [0.1, 0.15) is 162 Å². The standard InChI is InChI=1S/C39H71O12P/c1-4-5-14-20-31(40)24-25-34-35(37(43)27-36(34)42)26-32(41)21-17-18-23-39(45)51-33(29-50-52(46,47)48)28-49-38(44)22-16-13-11-9-7-6-8-10-12-15-19-30(2)3/h24-25,30-31,33-37,40,42-43H,4-23,26-29H2,1-3H3,(H2,46,47,48)/b25-24+/t31-,33+,34+,35+,36+,37-/m0/s1. The first-order valence-corrected chi connectivity index (χ1v) is 21.5. The van der Waals surface area contributed by atoms with E-state index in [1.807, 2.05) is 0 Å². The monoisotopic (exact) mass is 762 g/mol. The summed E-state index contributed by atoms with van der Waals surface area (Å²) < 4.78 is 26.2. The molecule has 0 aromatic carbocycles. The Hall–Kier alpha value is -1.66. The van der Waals surface area contributed by atoms with Crippen LogP contribution in [0.3, 0.4) is 0 Å². The lowest BCUT2D eigenvalue weighted by Crippen LogP contribution is -2.29. The SMILES string of the molecule is CCCCC[C@H](O)/C=C/[C@@H]1[C@@H](CC(=O)CCCCC(=O)O[C@H](COC(=O)CCCCCCCCCCCCC(C)C)COP(=O)(O)O)[C@@H](O)C[C@H]1O. The first kappa shape index (κ1) is 48.4. The number of aliphatic hydroxyl groups is 3. The Morgan fingerprint density at radius 2 is 1.31 bits per heavy atom. The van der Waals surface area contributed by atoms with Crippen LogP contribution < -0.4 is 0 Å². The Bertz CT molecular complexity index is 1040. The van der Waals surface area contributed by atoms with E-state index in [-0.39, 0.29) is 37.9 Å². The molecule has 52 heavy (non-hydrogen) atoms. The van der Waals surface area contributed by atoms with Crippen LogP contribution in [0.2, 0.25) is 0 Å². The van der Waals surface area contributed by atoms with Gasteiger partial charge in [0.1, 0.15) is 12.4 Å². The van der Waals surface area contributed by atoms with Crippen molar-refractivity contribution in [3.05, 3.63) is 12.2 Å². The maximum atomic E-state index is 12.7. The van der Waals surface area contributed by atoms with E-state index < -0.39 is 69.2 Å². The molecule has 13 heteroatoms. The predicted octanol–water partition coefficient (Wildman–Crippen LogP) is 7.26. The number of unbranched alkanes of at least 4 members (excludes halogenated alkanes) is 12. The molecular weight excluding hydrogens is 691 g/mol. The molecule has 1 saturated carbocycles. The highest BCUT2D eigenvalue weighted by molar-refractivity contribution is 7.46. The Morgan fingerprint density at radius 1 is 0.750 bits per heavy atom. The van der Waals surface area contributed by atoms with E-state index in [2.05, 4.69) is 25.3 Å². The highest BCUT2D eigenvalue weighted by Gasteiger charge is 2.41. The van der Waals surface area contributed by atoms with Crippen molar-refractivity contribution in [2.45, 2.75) is 186 Å². The second-order valence-corrected chi connectivity index (χ2v) is 16.3. The van der Waals surface area contributed by atoms with Gasteiger partial charge in [-0.15, -0.1) is 0 Å². The Balaban J connectivity index is 2.35. The lowest BCUT2D eigenvalue weighted by molar-refractivity contribution is -0.161. The number of ketones is 1. The zero-order valence-corrected chi connectivity index (χ0v) is 33.1. The van der Waals surface area contributed by atoms with E-state index in [1.165, 1.54) is 44.9 Å². The van der Waals surface area contributed by atoms with Crippen molar-refractivity contribution in [3.63, 3.8) is 0 Å². The van der Waals surface area contributed by atoms with Crippen LogP contribution in [-0.2, 0) is 32.9 Å². The van der Waals surface area contributed by atoms with E-state index >= 15 is 0 Å². The summed E-state index contributed by atoms with van der Waals surface area (Å²) in [6.07, 6.45) is 17.2. The molecule has 1 aliphatic carbocycles. The number of carbonyl (C=O) groups is 3. The average Bonchev–Trinajstić information content (AvgIpc) is 3.33. The minimum atomic E-state index is -4.85. The third-order valence-electron chi connectivity index (χ3n) is 9.69. The van der Waals surface area contributed by atoms with Crippen LogP contribution in [0, 0.1) is 17.8 Å². The average molecular weight is 763 g/mol. The van der Waals surface area contributed by atoms with E-state index in [0.29, 0.717) is 25.7 Å². The van der Waals surface area contributed by atoms with Gasteiger partial charge in [0.05, 0.1) is 24.9 Å². The highest BCUT2D eigenvalue weighted by atomic mass is 31.2. The van der Waals surface area contributed by atoms with Crippen molar-refractivity contribution < 1.29 is 58.1 Å². The molecule has 0 spiro atoms. The molecule has 6 atom stereocenters. The normalized spacial score (nSPS) is 20.4. The van der Waals surface area contributed by atoms with Crippen LogP contribution in [0.25, 0.3) is 0 Å². The number of aliphatic hydroxyl groups excluding tert-OH is 3. The number of esters is 2. The minimum absolute atomic E-state index is 0.0650. The fraction of sp³-hybridized carbons (Fsp3) is 0.872. The third-order valence-corrected chi connectivity index (χ3v) is 10.2. The van der Waals surface area contributed by atoms with Crippen molar-refractivity contribution in [2.24, 2.45) is 17.8 Å². The Labute approximate surface area is 312 Å². The highest BCUT2D eigenvalue weighted by Crippen LogP contribution is 2.37. The van der Waals surface area contributed by atoms with Crippen molar-refractivity contribution >= 4 is 25.5 Å². The molecule has 0 heterocycles. The number of carbonyl (C=O) groups excluding carboxylic acids is 3. The molecule has 0 aliphatic heterocycles. The summed E-state index contributed by atoms with van der Waals surface area (Å²) in [5, 5.41) is 31.1. The largest absolute Gasteiger partial charge is 0.469 e. The van der Waals surface area contributed by atoms with Crippen LogP contribution in [-0.4, -0.2) is 80.5 Å². The van der Waals surface area contributed by atoms with Crippen molar-refractivity contribution in [2.75, 3.05) is 13.2 Å². The molecule has 0 saturated heterocycles. The molecule has 1 aliphatic rings. The van der Waals surface area contributed by atoms with E-state index in [4.69, 9.17) is 19.3 Å². The van der Waals surface area contributed by atoms with Crippen molar-refractivity contribution in [1.29, 1.82) is 0 Å². The molecule has 304 valence electrons. The molecule has 0 amide bonds. The zero-order valence-electron chi connectivity index (χ0n) is 32.2. The van der Waals surface area contributed by atoms with Gasteiger partial charge in [-0.1, -0.05) is 116 Å². The molecule has 0 bridgehead atoms. The van der Waals surface area contributed by atoms with Crippen LogP contribution in [0.5, 0.6) is 0 Å². The topological polar surface area (TPSA) is 197 Å². The number of Topliss-reactive ketones (excluding diaryl/α,β-unsaturated/α-hetero) is 1. The smallest absolute Gasteiger partial charge is 0.462 e. The van der Waals surface area contributed by atoms with Gasteiger partial charge in [-0.3, -0.25) is 18.9 Å². The van der Waals surface area contributed by atoms with Crippen molar-refractivity contribution in [1.82, 2.24) is 0 Å². The number of rotatable bonds is 32. The first-order valence-electron chi connectivity index (χ1n) is 20.0. The molecule has 0 aromatic heterocycles. The summed E-state index contributed by atoms with van der Waals surface area (Å²) >= 11 is 0. The van der Waals surface area contributed by atoms with Gasteiger partial charge in [0.2, 0.25) is 0 Å². The number of hydrogen-bond acceptors (Lipinski definition) is 10. The third kappa shape index (κ3) is 25.4. The van der Waals surface area contributed by atoms with E-state index in [9.17, 15) is 34.3 Å². The van der Waals surface area contributed by atoms with Gasteiger partial charge in [0.25, 0.3) is 0 Å². The van der Waals surface area contributed by atoms with Gasteiger partial charge in [-0.25, -0.2) is 4.57 Å². The van der Waals surface area contributed by atoms with Gasteiger partial charge in [0.15, 0.2) is 6.10 Å². The molecule has 1 fully saturated rings. The molecule has 12 nitrogen and oxygen atoms in total. The van der Waals surface area contributed by atoms with Gasteiger partial charge < -0.3 is 34.6 Å². The van der Waals surface area contributed by atoms with E-state index in [0.717, 1.165) is 44.4 Å². The minimum Gasteiger partial charge on any atom is -0.462 e. The molecule has 1 rings (SSSR count). The van der Waals surface area contributed by atoms with Crippen LogP contribution in [0.15, 0.2) is 12.2 Å². The lowest BCUT2D eigenvalue weighted by Gasteiger charge is -2.20. The Morgan fingerprint density at radius 3 is 1.92 bits per heavy atom. The van der Waals surface area contributed by atoms with E-state index in [1.54, 1.807) is 12.2 Å². The second kappa shape index (κ2) is 28.7. The molecule has 5 N–H and O–H groups in total. The van der Waals surface area contributed by atoms with Crippen LogP contribution in [0.4, 0.5) is 0 Å². The lowest BCUT2D eigenvalue weighted by atomic mass is 9.87. The number of phosphoric acid groups is 1. The summed E-state index contributed by atoms with van der Waals surface area (Å²) in [4.78, 5) is 55.7. The summed E-state index contributed by atoms with van der Waals surface area (Å²) in [5.74, 6) is -1.42. The fourth-order valence-corrected chi connectivity index (χ4v) is 6.97. The molecule has 0 aromatic rings. The summed E-state index contributed by atoms with van der Waals surface area (Å²) in [6.45, 7) is 5.55. The van der Waals surface area contributed by atoms with Gasteiger partial charge in [-0.2, -0.15) is 0 Å². The van der Waals surface area contributed by atoms with Crippen LogP contribution >= 0.6 is 7.82 Å². The maximum absolute atomic E-state index is 12.7. The Kier molecular flexibility index (Phi) is 26.7. The number of hydrogen-bond donors (Lipinski definition) is 5. The quantitative estimate of drug-likeness (QED) is 0.0199. The predicted molar refractivity (Wildman–Crippen MR) is 200 cm³/mol. The number of phosphoric ester groups is 1. The van der Waals surface area contributed by atoms with Gasteiger partial charge >= 0.3 is 19.8 Å². The molecule has 0 radical (unpaired) electrons. The first-order chi connectivity index (χ1) is 24.7. The van der Waals surface area contributed by atoms with Gasteiger partial charge in [0, 0.05) is 43.9 Å². The zero-order chi connectivity index (χ0) is 38.8. The van der Waals surface area contributed by atoms with Gasteiger partial charge in [-0.05, 0) is 31.6 Å². The number of ether oxygens (including phenoxy) is 2. The maximum Gasteiger partial charge on any atom is 0.469 e. The molecular formula is C39H71O12P. The van der Waals surface area contributed by atoms with Crippen molar-refractivity contribution in [3.8, 4) is 0 Å². The fourth-order valence-electron chi connectivity index (χ4n) is 6.61. The summed E-state index contributed by atoms with van der Waals surface area (Å²) in [5.41, 5.74) is 0. The second-order valence-electron chi connectivity index (χ2n) is 15.1. The summed E-state index contributed by atoms with van der Waals surface area (Å²) in [6, 6.07) is 0. The summed E-state index contributed by atoms with van der Waals surface area (Å²) in [7, 11) is -4.85. The molecule has 0 unspecified atom stereocenters.